The van der Waals surface area contributed by atoms with Gasteiger partial charge in [0.05, 0.1) is 12.0 Å². The number of ether oxygens (including phenoxy) is 2. The minimum absolute atomic E-state index is 0.167. The Kier molecular flexibility index (Phi) is 4.02. The lowest BCUT2D eigenvalue weighted by Crippen LogP contribution is -2.35. The first-order chi connectivity index (χ1) is 7.10. The van der Waals surface area contributed by atoms with Crippen LogP contribution in [0.5, 0.6) is 0 Å². The molecule has 0 saturated carbocycles. The molecule has 0 bridgehead atoms. The molecule has 0 N–H and O–H groups in total. The Morgan fingerprint density at radius 2 is 2.33 bits per heavy atom. The maximum absolute atomic E-state index is 11.3. The number of rotatable bonds is 3. The molecule has 1 aliphatic heterocycles. The molecule has 0 aliphatic carbocycles. The van der Waals surface area contributed by atoms with E-state index in [1.807, 2.05) is 6.92 Å². The monoisotopic (exact) mass is 231 g/mol. The summed E-state index contributed by atoms with van der Waals surface area (Å²) in [4.78, 5) is 24.4. The maximum atomic E-state index is 11.3. The molecule has 15 heavy (non-hydrogen) atoms. The van der Waals surface area contributed by atoms with Gasteiger partial charge in [-0.2, -0.15) is 0 Å². The summed E-state index contributed by atoms with van der Waals surface area (Å²) in [6, 6.07) is 0. The average molecular weight is 231 g/mol. The molecule has 1 heterocycles. The van der Waals surface area contributed by atoms with Crippen molar-refractivity contribution in [3.8, 4) is 0 Å². The molecule has 1 atom stereocenters. The highest BCUT2D eigenvalue weighted by Gasteiger charge is 2.33. The Balaban J connectivity index is 2.71. The fourth-order valence-electron chi connectivity index (χ4n) is 1.16. The van der Waals surface area contributed by atoms with Crippen molar-refractivity contribution in [3.05, 3.63) is 11.0 Å². The van der Waals surface area contributed by atoms with Gasteiger partial charge in [0, 0.05) is 13.1 Å². The van der Waals surface area contributed by atoms with E-state index >= 15 is 0 Å². The highest BCUT2D eigenvalue weighted by molar-refractivity contribution is 8.03. The Labute approximate surface area is 92.4 Å². The molecule has 0 fully saturated rings. The normalized spacial score (nSPS) is 20.2. The van der Waals surface area contributed by atoms with Gasteiger partial charge in [-0.1, -0.05) is 6.92 Å². The van der Waals surface area contributed by atoms with Crippen molar-refractivity contribution >= 4 is 23.8 Å². The molecule has 0 radical (unpaired) electrons. The molecule has 1 aliphatic rings. The van der Waals surface area contributed by atoms with Crippen LogP contribution in [0.2, 0.25) is 0 Å². The second-order valence-electron chi connectivity index (χ2n) is 2.85. The van der Waals surface area contributed by atoms with Crippen LogP contribution >= 0.6 is 11.8 Å². The van der Waals surface area contributed by atoms with Crippen LogP contribution in [0.1, 0.15) is 6.92 Å². The van der Waals surface area contributed by atoms with Gasteiger partial charge in [0.25, 0.3) is 0 Å². The quantitative estimate of drug-likeness (QED) is 0.683. The highest BCUT2D eigenvalue weighted by atomic mass is 32.2. The number of methoxy groups -OCH3 is 1. The summed E-state index contributed by atoms with van der Waals surface area (Å²) in [7, 11) is 2.81. The van der Waals surface area contributed by atoms with Gasteiger partial charge in [0.1, 0.15) is 0 Å². The van der Waals surface area contributed by atoms with E-state index in [9.17, 15) is 9.59 Å². The average Bonchev–Trinajstić information content (AvgIpc) is 2.46. The minimum Gasteiger partial charge on any atom is -0.438 e. The van der Waals surface area contributed by atoms with E-state index in [4.69, 9.17) is 4.74 Å². The summed E-state index contributed by atoms with van der Waals surface area (Å²) in [6.07, 6.45) is 0.0425. The summed E-state index contributed by atoms with van der Waals surface area (Å²) in [5.41, 5.74) is 0. The molecule has 0 aromatic heterocycles. The summed E-state index contributed by atoms with van der Waals surface area (Å²) in [6.45, 7) is 1.96. The zero-order valence-electron chi connectivity index (χ0n) is 8.85. The third kappa shape index (κ3) is 2.65. The third-order valence-electron chi connectivity index (χ3n) is 1.89. The minimum atomic E-state index is -0.788. The summed E-state index contributed by atoms with van der Waals surface area (Å²) >= 11 is 1.47. The summed E-state index contributed by atoms with van der Waals surface area (Å²) < 4.78 is 9.35. The second kappa shape index (κ2) is 5.06. The number of hydrogen-bond acceptors (Lipinski definition) is 5. The van der Waals surface area contributed by atoms with Crippen LogP contribution in [-0.2, 0) is 14.3 Å². The molecule has 0 aromatic carbocycles. The number of carbonyl (C=O) groups is 2. The third-order valence-corrected chi connectivity index (χ3v) is 2.84. The van der Waals surface area contributed by atoms with Gasteiger partial charge in [0.2, 0.25) is 12.1 Å². The van der Waals surface area contributed by atoms with Crippen LogP contribution in [0, 0.1) is 0 Å². The summed E-state index contributed by atoms with van der Waals surface area (Å²) in [5, 5.41) is 0. The molecule has 84 valence electrons. The van der Waals surface area contributed by atoms with Gasteiger partial charge < -0.3 is 14.4 Å². The van der Waals surface area contributed by atoms with Crippen LogP contribution in [0.4, 0.5) is 4.79 Å². The van der Waals surface area contributed by atoms with E-state index < -0.39 is 12.4 Å². The van der Waals surface area contributed by atoms with Gasteiger partial charge in [-0.3, -0.25) is 4.79 Å². The summed E-state index contributed by atoms with van der Waals surface area (Å²) in [5.74, 6) is 0.647. The Morgan fingerprint density at radius 3 is 2.87 bits per heavy atom. The molecular formula is C9H13NO4S. The zero-order chi connectivity index (χ0) is 11.4. The van der Waals surface area contributed by atoms with Gasteiger partial charge in [-0.05, 0) is 5.75 Å². The highest BCUT2D eigenvalue weighted by Crippen LogP contribution is 2.29. The Morgan fingerprint density at radius 1 is 1.67 bits per heavy atom. The lowest BCUT2D eigenvalue weighted by Gasteiger charge is -2.21. The van der Waals surface area contributed by atoms with Gasteiger partial charge in [-0.25, -0.2) is 4.79 Å². The number of nitrogens with zero attached hydrogens (tertiary/aromatic N) is 1. The van der Waals surface area contributed by atoms with Crippen LogP contribution < -0.4 is 0 Å². The lowest BCUT2D eigenvalue weighted by atomic mass is 10.5. The van der Waals surface area contributed by atoms with E-state index in [1.165, 1.54) is 29.8 Å². The molecule has 0 saturated heterocycles. The van der Waals surface area contributed by atoms with Crippen molar-refractivity contribution < 1.29 is 19.1 Å². The number of carbonyl (C=O) groups excluding carboxylic acids is 2. The number of thioether (sulfide) groups is 1. The SMILES string of the molecule is CCSC1=CC(=O)N(C)C1OC(=O)OC. The van der Waals surface area contributed by atoms with E-state index in [1.54, 1.807) is 7.05 Å². The Hall–Kier alpha value is -1.17. The smallest absolute Gasteiger partial charge is 0.438 e. The molecule has 5 nitrogen and oxygen atoms in total. The largest absolute Gasteiger partial charge is 0.510 e. The second-order valence-corrected chi connectivity index (χ2v) is 4.19. The van der Waals surface area contributed by atoms with Crippen LogP contribution in [-0.4, -0.2) is 43.1 Å². The number of amides is 1. The van der Waals surface area contributed by atoms with Crippen molar-refractivity contribution in [3.63, 3.8) is 0 Å². The van der Waals surface area contributed by atoms with Crippen molar-refractivity contribution in [2.24, 2.45) is 0 Å². The van der Waals surface area contributed by atoms with E-state index in [0.717, 1.165) is 10.7 Å². The lowest BCUT2D eigenvalue weighted by molar-refractivity contribution is -0.129. The van der Waals surface area contributed by atoms with E-state index in [0.29, 0.717) is 0 Å². The maximum Gasteiger partial charge on any atom is 0.510 e. The molecule has 1 amide bonds. The molecular weight excluding hydrogens is 218 g/mol. The first-order valence-corrected chi connectivity index (χ1v) is 5.44. The molecule has 1 unspecified atom stereocenters. The first kappa shape index (κ1) is 11.9. The number of likely N-dealkylation sites (N-methyl/N-ethyl adjacent to an activating group) is 1. The fourth-order valence-corrected chi connectivity index (χ4v) is 2.02. The van der Waals surface area contributed by atoms with Crippen LogP contribution in [0.25, 0.3) is 0 Å². The Bertz CT molecular complexity index is 302. The van der Waals surface area contributed by atoms with E-state index in [-0.39, 0.29) is 5.91 Å². The van der Waals surface area contributed by atoms with Gasteiger partial charge in [0.15, 0.2) is 0 Å². The first-order valence-electron chi connectivity index (χ1n) is 4.46. The van der Waals surface area contributed by atoms with Crippen molar-refractivity contribution in [1.82, 2.24) is 4.90 Å². The topological polar surface area (TPSA) is 55.8 Å². The molecule has 0 aromatic rings. The van der Waals surface area contributed by atoms with Crippen molar-refractivity contribution in [2.45, 2.75) is 13.2 Å². The van der Waals surface area contributed by atoms with Crippen LogP contribution in [0.3, 0.4) is 0 Å². The molecule has 6 heteroatoms. The van der Waals surface area contributed by atoms with Crippen molar-refractivity contribution in [1.29, 1.82) is 0 Å². The standard InChI is InChI=1S/C9H13NO4S/c1-4-15-6-5-7(11)10(2)8(6)14-9(12)13-3/h5,8H,4H2,1-3H3. The zero-order valence-corrected chi connectivity index (χ0v) is 9.67. The predicted molar refractivity (Wildman–Crippen MR) is 56.3 cm³/mol. The molecule has 0 spiro atoms. The predicted octanol–water partition coefficient (Wildman–Crippen LogP) is 1.20. The van der Waals surface area contributed by atoms with E-state index in [2.05, 4.69) is 4.74 Å². The van der Waals surface area contributed by atoms with Gasteiger partial charge >= 0.3 is 6.16 Å². The van der Waals surface area contributed by atoms with Crippen LogP contribution in [0.15, 0.2) is 11.0 Å². The molecule has 1 rings (SSSR count). The number of hydrogen-bond donors (Lipinski definition) is 0. The van der Waals surface area contributed by atoms with Crippen molar-refractivity contribution in [2.75, 3.05) is 19.9 Å². The fraction of sp³-hybridized carbons (Fsp3) is 0.556. The van der Waals surface area contributed by atoms with Gasteiger partial charge in [-0.15, -0.1) is 11.8 Å².